The molecule has 0 saturated heterocycles. The number of methoxy groups -OCH3 is 1. The number of fused-ring (bicyclic) bond motifs is 1. The molecular formula is C18H13N3O3. The van der Waals surface area contributed by atoms with Crippen molar-refractivity contribution in [3.8, 4) is 11.9 Å². The van der Waals surface area contributed by atoms with Crippen LogP contribution in [0.25, 0.3) is 10.9 Å². The predicted octanol–water partition coefficient (Wildman–Crippen LogP) is 2.87. The highest BCUT2D eigenvalue weighted by atomic mass is 16.5. The lowest BCUT2D eigenvalue weighted by atomic mass is 10.1. The van der Waals surface area contributed by atoms with Gasteiger partial charge >= 0.3 is 5.97 Å². The normalized spacial score (nSPS) is 10.2. The second-order valence-electron chi connectivity index (χ2n) is 4.96. The minimum atomic E-state index is -0.621. The highest BCUT2D eigenvalue weighted by molar-refractivity contribution is 5.90. The zero-order valence-corrected chi connectivity index (χ0v) is 12.9. The number of carbonyl (C=O) groups excluding carboxylic acids is 1. The van der Waals surface area contributed by atoms with E-state index in [-0.39, 0.29) is 12.4 Å². The Bertz CT molecular complexity index is 930. The van der Waals surface area contributed by atoms with Crippen molar-refractivity contribution >= 4 is 16.9 Å². The number of esters is 1. The van der Waals surface area contributed by atoms with Gasteiger partial charge in [-0.15, -0.1) is 0 Å². The Morgan fingerprint density at radius 3 is 2.58 bits per heavy atom. The molecule has 6 nitrogen and oxygen atoms in total. The van der Waals surface area contributed by atoms with Crippen LogP contribution in [0.1, 0.15) is 21.7 Å². The zero-order chi connectivity index (χ0) is 16.9. The molecule has 1 aromatic heterocycles. The van der Waals surface area contributed by atoms with Crippen LogP contribution in [0.5, 0.6) is 5.88 Å². The number of ether oxygens (including phenoxy) is 2. The van der Waals surface area contributed by atoms with Crippen molar-refractivity contribution in [2.45, 2.75) is 6.61 Å². The number of nitrogens with zero attached hydrogens (tertiary/aromatic N) is 3. The molecule has 0 aliphatic rings. The molecule has 0 aliphatic carbocycles. The van der Waals surface area contributed by atoms with Gasteiger partial charge in [-0.25, -0.2) is 9.78 Å². The molecule has 0 N–H and O–H groups in total. The van der Waals surface area contributed by atoms with E-state index < -0.39 is 5.97 Å². The van der Waals surface area contributed by atoms with E-state index in [0.29, 0.717) is 22.3 Å². The van der Waals surface area contributed by atoms with Gasteiger partial charge in [-0.05, 0) is 29.8 Å². The number of nitriles is 1. The molecule has 118 valence electrons. The Hall–Kier alpha value is -3.46. The summed E-state index contributed by atoms with van der Waals surface area (Å²) in [4.78, 5) is 20.1. The first-order chi connectivity index (χ1) is 11.7. The summed E-state index contributed by atoms with van der Waals surface area (Å²) in [6.45, 7) is 0.257. The largest absolute Gasteiger partial charge is 0.472 e. The number of benzene rings is 2. The van der Waals surface area contributed by atoms with Crippen LogP contribution >= 0.6 is 0 Å². The summed E-state index contributed by atoms with van der Waals surface area (Å²) in [5.74, 6) is -0.361. The Labute approximate surface area is 138 Å². The van der Waals surface area contributed by atoms with Crippen molar-refractivity contribution in [3.63, 3.8) is 0 Å². The molecule has 0 atom stereocenters. The summed E-state index contributed by atoms with van der Waals surface area (Å²) in [5.41, 5.74) is 2.07. The first kappa shape index (κ1) is 15.4. The van der Waals surface area contributed by atoms with Crippen LogP contribution in [0.4, 0.5) is 0 Å². The van der Waals surface area contributed by atoms with Gasteiger partial charge in [0.2, 0.25) is 11.7 Å². The summed E-state index contributed by atoms with van der Waals surface area (Å²) in [7, 11) is 1.28. The van der Waals surface area contributed by atoms with Crippen LogP contribution in [0.15, 0.2) is 48.5 Å². The van der Waals surface area contributed by atoms with Crippen LogP contribution in [-0.2, 0) is 11.3 Å². The molecule has 3 rings (SSSR count). The summed E-state index contributed by atoms with van der Waals surface area (Å²) in [6.07, 6.45) is 0. The van der Waals surface area contributed by atoms with E-state index in [1.165, 1.54) is 7.11 Å². The molecule has 0 bridgehead atoms. The van der Waals surface area contributed by atoms with Gasteiger partial charge in [0.25, 0.3) is 0 Å². The van der Waals surface area contributed by atoms with Gasteiger partial charge in [-0.3, -0.25) is 0 Å². The van der Waals surface area contributed by atoms with E-state index in [1.54, 1.807) is 18.2 Å². The summed E-state index contributed by atoms with van der Waals surface area (Å²) < 4.78 is 10.5. The van der Waals surface area contributed by atoms with Crippen LogP contribution < -0.4 is 4.74 Å². The van der Waals surface area contributed by atoms with E-state index in [2.05, 4.69) is 20.8 Å². The van der Waals surface area contributed by atoms with Crippen molar-refractivity contribution in [3.05, 3.63) is 65.5 Å². The zero-order valence-electron chi connectivity index (χ0n) is 12.9. The average molecular weight is 319 g/mol. The van der Waals surface area contributed by atoms with Crippen LogP contribution in [-0.4, -0.2) is 23.0 Å². The first-order valence-electron chi connectivity index (χ1n) is 7.18. The average Bonchev–Trinajstić information content (AvgIpc) is 2.65. The Balaban J connectivity index is 1.92. The smallest absolute Gasteiger partial charge is 0.376 e. The summed E-state index contributed by atoms with van der Waals surface area (Å²) in [6, 6.07) is 16.4. The second-order valence-corrected chi connectivity index (χ2v) is 4.96. The van der Waals surface area contributed by atoms with E-state index in [1.807, 2.05) is 30.3 Å². The maximum Gasteiger partial charge on any atom is 0.376 e. The Kier molecular flexibility index (Phi) is 4.34. The number of aromatic nitrogens is 2. The van der Waals surface area contributed by atoms with Crippen molar-refractivity contribution in [2.24, 2.45) is 0 Å². The molecule has 0 aliphatic heterocycles. The fraction of sp³-hybridized carbons (Fsp3) is 0.111. The molecule has 1 heterocycles. The minimum absolute atomic E-state index is 0.0500. The molecule has 24 heavy (non-hydrogen) atoms. The maximum absolute atomic E-state index is 11.7. The second kappa shape index (κ2) is 6.75. The van der Waals surface area contributed by atoms with Crippen molar-refractivity contribution in [2.75, 3.05) is 7.11 Å². The van der Waals surface area contributed by atoms with Crippen LogP contribution in [0, 0.1) is 11.3 Å². The molecule has 0 spiro atoms. The lowest BCUT2D eigenvalue weighted by Gasteiger charge is -2.09. The molecule has 0 amide bonds. The molecule has 6 heteroatoms. The molecule has 0 unspecified atom stereocenters. The number of rotatable bonds is 4. The first-order valence-corrected chi connectivity index (χ1v) is 7.18. The highest BCUT2D eigenvalue weighted by Gasteiger charge is 2.15. The van der Waals surface area contributed by atoms with Crippen molar-refractivity contribution in [1.29, 1.82) is 5.26 Å². The van der Waals surface area contributed by atoms with E-state index in [0.717, 1.165) is 5.56 Å². The molecule has 0 fully saturated rings. The van der Waals surface area contributed by atoms with E-state index >= 15 is 0 Å². The predicted molar refractivity (Wildman–Crippen MR) is 86.4 cm³/mol. The monoisotopic (exact) mass is 319 g/mol. The van der Waals surface area contributed by atoms with Gasteiger partial charge in [0.05, 0.1) is 29.6 Å². The topological polar surface area (TPSA) is 85.1 Å². The minimum Gasteiger partial charge on any atom is -0.472 e. The highest BCUT2D eigenvalue weighted by Crippen LogP contribution is 2.23. The third-order valence-electron chi connectivity index (χ3n) is 3.39. The standard InChI is InChI=1S/C18H13N3O3/c1-23-18(22)16-20-15-5-3-2-4-14(15)17(21-16)24-11-13-8-6-12(10-19)7-9-13/h2-9H,11H2,1H3. The van der Waals surface area contributed by atoms with E-state index in [9.17, 15) is 4.79 Å². The molecule has 0 radical (unpaired) electrons. The molecule has 0 saturated carbocycles. The van der Waals surface area contributed by atoms with Gasteiger partial charge < -0.3 is 9.47 Å². The Morgan fingerprint density at radius 1 is 1.12 bits per heavy atom. The fourth-order valence-electron chi connectivity index (χ4n) is 2.17. The SMILES string of the molecule is COC(=O)c1nc(OCc2ccc(C#N)cc2)c2ccccc2n1. The maximum atomic E-state index is 11.7. The summed E-state index contributed by atoms with van der Waals surface area (Å²) >= 11 is 0. The van der Waals surface area contributed by atoms with Crippen molar-refractivity contribution < 1.29 is 14.3 Å². The lowest BCUT2D eigenvalue weighted by molar-refractivity contribution is 0.0585. The number of para-hydroxylation sites is 1. The third-order valence-corrected chi connectivity index (χ3v) is 3.39. The number of hydrogen-bond donors (Lipinski definition) is 0. The van der Waals surface area contributed by atoms with E-state index in [4.69, 9.17) is 10.00 Å². The quantitative estimate of drug-likeness (QED) is 0.687. The van der Waals surface area contributed by atoms with Crippen LogP contribution in [0.3, 0.4) is 0 Å². The van der Waals surface area contributed by atoms with Gasteiger partial charge in [-0.2, -0.15) is 10.2 Å². The van der Waals surface area contributed by atoms with Gasteiger partial charge in [0.15, 0.2) is 0 Å². The number of carbonyl (C=O) groups is 1. The van der Waals surface area contributed by atoms with Gasteiger partial charge in [0.1, 0.15) is 6.61 Å². The van der Waals surface area contributed by atoms with Crippen molar-refractivity contribution in [1.82, 2.24) is 9.97 Å². The lowest BCUT2D eigenvalue weighted by Crippen LogP contribution is -2.09. The van der Waals surface area contributed by atoms with Crippen LogP contribution in [0.2, 0.25) is 0 Å². The molecule has 3 aromatic rings. The molecular weight excluding hydrogens is 306 g/mol. The Morgan fingerprint density at radius 2 is 1.88 bits per heavy atom. The van der Waals surface area contributed by atoms with Gasteiger partial charge in [0, 0.05) is 0 Å². The van der Waals surface area contributed by atoms with Gasteiger partial charge in [-0.1, -0.05) is 24.3 Å². The fourth-order valence-corrected chi connectivity index (χ4v) is 2.17. The third kappa shape index (κ3) is 3.15. The summed E-state index contributed by atoms with van der Waals surface area (Å²) in [5, 5.41) is 9.53. The molecule has 2 aromatic carbocycles. The number of hydrogen-bond acceptors (Lipinski definition) is 6.